The second-order valence-electron chi connectivity index (χ2n) is 6.60. The van der Waals surface area contributed by atoms with E-state index >= 15 is 0 Å². The van der Waals surface area contributed by atoms with Gasteiger partial charge in [-0.05, 0) is 33.1 Å². The lowest BCUT2D eigenvalue weighted by molar-refractivity contribution is -0.197. The number of cyclic esters (lactones) is 3. The van der Waals surface area contributed by atoms with Gasteiger partial charge in [-0.1, -0.05) is 0 Å². The van der Waals surface area contributed by atoms with Gasteiger partial charge in [0.2, 0.25) is 0 Å². The highest BCUT2D eigenvalue weighted by Crippen LogP contribution is 2.59. The molecule has 0 aromatic rings. The standard InChI is InChI=1S/C16H20O7/c1-8-13(18)21-7-10-6-11-12(17)4-3-5-16(10,11)15(20)23-9(2)14(19)22-8/h8-11H,3-7H2,1-2H3/t8-,9-,10-,11?,16+/m0/s1. The minimum atomic E-state index is -1.12. The first-order chi connectivity index (χ1) is 10.9. The van der Waals surface area contributed by atoms with Crippen molar-refractivity contribution < 1.29 is 33.4 Å². The van der Waals surface area contributed by atoms with Crippen LogP contribution in [0.1, 0.15) is 39.5 Å². The van der Waals surface area contributed by atoms with Crippen molar-refractivity contribution in [3.8, 4) is 0 Å². The van der Waals surface area contributed by atoms with Crippen molar-refractivity contribution in [3.63, 3.8) is 0 Å². The van der Waals surface area contributed by atoms with Gasteiger partial charge in [0, 0.05) is 18.3 Å². The van der Waals surface area contributed by atoms with Crippen LogP contribution in [0.3, 0.4) is 0 Å². The molecule has 0 amide bonds. The third-order valence-corrected chi connectivity index (χ3v) is 5.32. The SMILES string of the molecule is C[C@@H]1OC(=O)[C@H](C)OC(=O)[C@@]23CCCC(=O)C2C[C@H]3COC1=O. The summed E-state index contributed by atoms with van der Waals surface area (Å²) in [6.45, 7) is 2.85. The second kappa shape index (κ2) is 5.62. The van der Waals surface area contributed by atoms with Gasteiger partial charge in [-0.2, -0.15) is 0 Å². The van der Waals surface area contributed by atoms with Crippen molar-refractivity contribution in [2.45, 2.75) is 51.7 Å². The maximum absolute atomic E-state index is 12.7. The molecule has 0 radical (unpaired) electrons. The number of rotatable bonds is 0. The van der Waals surface area contributed by atoms with Gasteiger partial charge in [0.05, 0.1) is 12.0 Å². The molecule has 1 spiro atoms. The van der Waals surface area contributed by atoms with Gasteiger partial charge in [-0.25, -0.2) is 9.59 Å². The summed E-state index contributed by atoms with van der Waals surface area (Å²) in [6.07, 6.45) is -0.0865. The molecule has 3 rings (SSSR count). The topological polar surface area (TPSA) is 96.0 Å². The summed E-state index contributed by atoms with van der Waals surface area (Å²) in [5.74, 6) is -2.60. The van der Waals surface area contributed by atoms with Crippen LogP contribution in [0, 0.1) is 17.3 Å². The molecule has 126 valence electrons. The predicted molar refractivity (Wildman–Crippen MR) is 75.0 cm³/mol. The van der Waals surface area contributed by atoms with E-state index < -0.39 is 41.4 Å². The van der Waals surface area contributed by atoms with Crippen molar-refractivity contribution in [1.29, 1.82) is 0 Å². The van der Waals surface area contributed by atoms with Crippen LogP contribution in [0.4, 0.5) is 0 Å². The Morgan fingerprint density at radius 2 is 1.70 bits per heavy atom. The summed E-state index contributed by atoms with van der Waals surface area (Å²) in [5, 5.41) is 0. The van der Waals surface area contributed by atoms with Crippen LogP contribution in [0.5, 0.6) is 0 Å². The number of ketones is 1. The van der Waals surface area contributed by atoms with Crippen molar-refractivity contribution in [1.82, 2.24) is 0 Å². The van der Waals surface area contributed by atoms with E-state index in [0.717, 1.165) is 0 Å². The number of hydrogen-bond donors (Lipinski definition) is 0. The lowest BCUT2D eigenvalue weighted by Crippen LogP contribution is -2.61. The van der Waals surface area contributed by atoms with E-state index in [2.05, 4.69) is 0 Å². The summed E-state index contributed by atoms with van der Waals surface area (Å²) in [4.78, 5) is 48.6. The molecule has 2 saturated carbocycles. The van der Waals surface area contributed by atoms with E-state index in [1.165, 1.54) is 13.8 Å². The van der Waals surface area contributed by atoms with E-state index in [-0.39, 0.29) is 18.3 Å². The molecule has 7 heteroatoms. The molecule has 0 N–H and O–H groups in total. The maximum atomic E-state index is 12.7. The minimum Gasteiger partial charge on any atom is -0.463 e. The number of ether oxygens (including phenoxy) is 3. The molecule has 0 aromatic carbocycles. The molecule has 0 bridgehead atoms. The Hall–Kier alpha value is -1.92. The zero-order chi connectivity index (χ0) is 16.8. The first-order valence-corrected chi connectivity index (χ1v) is 7.97. The molecule has 1 unspecified atom stereocenters. The van der Waals surface area contributed by atoms with Gasteiger partial charge >= 0.3 is 17.9 Å². The first-order valence-electron chi connectivity index (χ1n) is 7.97. The fraction of sp³-hybridized carbons (Fsp3) is 0.750. The summed E-state index contributed by atoms with van der Waals surface area (Å²) in [5.41, 5.74) is -0.961. The molecule has 3 fully saturated rings. The van der Waals surface area contributed by atoms with Crippen molar-refractivity contribution >= 4 is 23.7 Å². The molecule has 0 aromatic heterocycles. The summed E-state index contributed by atoms with van der Waals surface area (Å²) >= 11 is 0. The van der Waals surface area contributed by atoms with E-state index in [1.54, 1.807) is 0 Å². The molecule has 3 aliphatic rings. The number of carbonyl (C=O) groups excluding carboxylic acids is 4. The summed E-state index contributed by atoms with van der Waals surface area (Å²) in [6, 6.07) is 0. The third kappa shape index (κ3) is 2.42. The first kappa shape index (κ1) is 16.0. The van der Waals surface area contributed by atoms with Crippen LogP contribution in [-0.4, -0.2) is 42.5 Å². The number of hydrogen-bond acceptors (Lipinski definition) is 7. The van der Waals surface area contributed by atoms with E-state index in [4.69, 9.17) is 14.2 Å². The number of Topliss-reactive ketones (excluding diaryl/α,β-unsaturated/α-hetero) is 1. The molecular formula is C16H20O7. The fourth-order valence-electron chi connectivity index (χ4n) is 3.92. The Morgan fingerprint density at radius 1 is 1.00 bits per heavy atom. The monoisotopic (exact) mass is 324 g/mol. The Balaban J connectivity index is 1.91. The van der Waals surface area contributed by atoms with Gasteiger partial charge in [0.25, 0.3) is 0 Å². The smallest absolute Gasteiger partial charge is 0.347 e. The summed E-state index contributed by atoms with van der Waals surface area (Å²) in [7, 11) is 0. The number of esters is 3. The van der Waals surface area contributed by atoms with Gasteiger partial charge in [0.15, 0.2) is 12.2 Å². The zero-order valence-electron chi connectivity index (χ0n) is 13.2. The largest absolute Gasteiger partial charge is 0.463 e. The highest BCUT2D eigenvalue weighted by atomic mass is 16.6. The van der Waals surface area contributed by atoms with Crippen LogP contribution in [0.2, 0.25) is 0 Å². The van der Waals surface area contributed by atoms with Gasteiger partial charge in [-0.15, -0.1) is 0 Å². The van der Waals surface area contributed by atoms with Crippen LogP contribution in [0.15, 0.2) is 0 Å². The lowest BCUT2D eigenvalue weighted by Gasteiger charge is -2.55. The van der Waals surface area contributed by atoms with Crippen LogP contribution < -0.4 is 0 Å². The second-order valence-corrected chi connectivity index (χ2v) is 6.60. The molecule has 23 heavy (non-hydrogen) atoms. The van der Waals surface area contributed by atoms with Crippen LogP contribution >= 0.6 is 0 Å². The molecule has 2 aliphatic carbocycles. The molecule has 1 heterocycles. The minimum absolute atomic E-state index is 0.0357. The Labute approximate surface area is 133 Å². The molecular weight excluding hydrogens is 304 g/mol. The average Bonchev–Trinajstić information content (AvgIpc) is 2.48. The molecule has 7 nitrogen and oxygen atoms in total. The quantitative estimate of drug-likeness (QED) is 0.480. The van der Waals surface area contributed by atoms with Gasteiger partial charge in [-0.3, -0.25) is 9.59 Å². The molecule has 1 saturated heterocycles. The highest BCUT2D eigenvalue weighted by molar-refractivity contribution is 5.94. The van der Waals surface area contributed by atoms with Gasteiger partial charge in [0.1, 0.15) is 5.78 Å². The van der Waals surface area contributed by atoms with Crippen molar-refractivity contribution in [2.75, 3.05) is 6.61 Å². The average molecular weight is 324 g/mol. The lowest BCUT2D eigenvalue weighted by atomic mass is 9.47. The van der Waals surface area contributed by atoms with E-state index in [1.807, 2.05) is 0 Å². The fourth-order valence-corrected chi connectivity index (χ4v) is 3.92. The molecule has 1 aliphatic heterocycles. The normalized spacial score (nSPS) is 41.3. The Morgan fingerprint density at radius 3 is 2.43 bits per heavy atom. The van der Waals surface area contributed by atoms with E-state index in [9.17, 15) is 19.2 Å². The highest BCUT2D eigenvalue weighted by Gasteiger charge is 2.65. The predicted octanol–water partition coefficient (Wildman–Crippen LogP) is 0.782. The van der Waals surface area contributed by atoms with Crippen LogP contribution in [0.25, 0.3) is 0 Å². The third-order valence-electron chi connectivity index (χ3n) is 5.32. The molecule has 5 atom stereocenters. The van der Waals surface area contributed by atoms with Crippen molar-refractivity contribution in [3.05, 3.63) is 0 Å². The van der Waals surface area contributed by atoms with Crippen molar-refractivity contribution in [2.24, 2.45) is 17.3 Å². The number of carbonyl (C=O) groups is 4. The van der Waals surface area contributed by atoms with Gasteiger partial charge < -0.3 is 14.2 Å². The Bertz CT molecular complexity index is 569. The zero-order valence-corrected chi connectivity index (χ0v) is 13.2. The van der Waals surface area contributed by atoms with E-state index in [0.29, 0.717) is 25.7 Å². The van der Waals surface area contributed by atoms with Crippen LogP contribution in [-0.2, 0) is 33.4 Å². The summed E-state index contributed by atoms with van der Waals surface area (Å²) < 4.78 is 15.4. The maximum Gasteiger partial charge on any atom is 0.347 e. The Kier molecular flexibility index (Phi) is 3.90.